The third-order valence-corrected chi connectivity index (χ3v) is 5.15. The first-order chi connectivity index (χ1) is 11.7. The van der Waals surface area contributed by atoms with E-state index in [0.717, 1.165) is 25.7 Å². The number of likely N-dealkylation sites (tertiary alicyclic amines) is 1. The highest BCUT2D eigenvalue weighted by molar-refractivity contribution is 5.80. The summed E-state index contributed by atoms with van der Waals surface area (Å²) in [6, 6.07) is 10.6. The van der Waals surface area contributed by atoms with E-state index in [0.29, 0.717) is 25.6 Å². The van der Waals surface area contributed by atoms with Crippen molar-refractivity contribution in [2.45, 2.75) is 44.6 Å². The largest absolute Gasteiger partial charge is 0.450 e. The number of benzene rings is 1. The van der Waals surface area contributed by atoms with Crippen LogP contribution in [-0.4, -0.2) is 42.6 Å². The molecule has 1 saturated heterocycles. The fourth-order valence-electron chi connectivity index (χ4n) is 3.64. The maximum absolute atomic E-state index is 12.6. The van der Waals surface area contributed by atoms with Crippen molar-refractivity contribution in [3.05, 3.63) is 35.9 Å². The average molecular weight is 330 g/mol. The van der Waals surface area contributed by atoms with Crippen molar-refractivity contribution < 1.29 is 14.3 Å². The highest BCUT2D eigenvalue weighted by atomic mass is 16.6. The van der Waals surface area contributed by atoms with Crippen molar-refractivity contribution in [3.8, 4) is 0 Å². The van der Waals surface area contributed by atoms with Gasteiger partial charge in [-0.3, -0.25) is 4.79 Å². The zero-order valence-corrected chi connectivity index (χ0v) is 14.2. The molecule has 2 amide bonds. The summed E-state index contributed by atoms with van der Waals surface area (Å²) >= 11 is 0. The number of nitrogens with zero attached hydrogens (tertiary/aromatic N) is 1. The minimum Gasteiger partial charge on any atom is -0.450 e. The third-order valence-electron chi connectivity index (χ3n) is 5.15. The third kappa shape index (κ3) is 3.71. The SMILES string of the molecule is CCOC(=O)N1CCC[C@H](C(=O)N[C@H]2CC[C@H]2c2ccccc2)C1. The van der Waals surface area contributed by atoms with Gasteiger partial charge in [0.2, 0.25) is 5.91 Å². The molecule has 3 rings (SSSR count). The molecule has 1 saturated carbocycles. The van der Waals surface area contributed by atoms with Crippen LogP contribution in [0.3, 0.4) is 0 Å². The van der Waals surface area contributed by atoms with Gasteiger partial charge in [0.25, 0.3) is 0 Å². The first-order valence-corrected chi connectivity index (χ1v) is 8.96. The molecule has 0 unspecified atom stereocenters. The van der Waals surface area contributed by atoms with Crippen LogP contribution < -0.4 is 5.32 Å². The van der Waals surface area contributed by atoms with Crippen molar-refractivity contribution in [1.82, 2.24) is 10.2 Å². The topological polar surface area (TPSA) is 58.6 Å². The summed E-state index contributed by atoms with van der Waals surface area (Å²) in [5, 5.41) is 3.21. The Morgan fingerprint density at radius 3 is 2.67 bits per heavy atom. The Balaban J connectivity index is 1.54. The molecule has 24 heavy (non-hydrogen) atoms. The summed E-state index contributed by atoms with van der Waals surface area (Å²) in [6.07, 6.45) is 3.53. The molecule has 1 N–H and O–H groups in total. The molecule has 0 bridgehead atoms. The summed E-state index contributed by atoms with van der Waals surface area (Å²) in [4.78, 5) is 26.1. The van der Waals surface area contributed by atoms with E-state index in [9.17, 15) is 9.59 Å². The number of amides is 2. The van der Waals surface area contributed by atoms with Crippen LogP contribution in [0, 0.1) is 5.92 Å². The van der Waals surface area contributed by atoms with Crippen LogP contribution >= 0.6 is 0 Å². The van der Waals surface area contributed by atoms with Crippen LogP contribution in [0.15, 0.2) is 30.3 Å². The summed E-state index contributed by atoms with van der Waals surface area (Å²) in [7, 11) is 0. The molecule has 0 spiro atoms. The van der Waals surface area contributed by atoms with Crippen molar-refractivity contribution in [2.24, 2.45) is 5.92 Å². The lowest BCUT2D eigenvalue weighted by molar-refractivity contribution is -0.127. The molecule has 0 radical (unpaired) electrons. The van der Waals surface area contributed by atoms with E-state index in [4.69, 9.17) is 4.74 Å². The van der Waals surface area contributed by atoms with Gasteiger partial charge in [-0.1, -0.05) is 30.3 Å². The summed E-state index contributed by atoms with van der Waals surface area (Å²) in [5.41, 5.74) is 1.30. The minimum atomic E-state index is -0.305. The van der Waals surface area contributed by atoms with E-state index in [-0.39, 0.29) is 24.0 Å². The van der Waals surface area contributed by atoms with Gasteiger partial charge in [-0.25, -0.2) is 4.79 Å². The zero-order valence-electron chi connectivity index (χ0n) is 14.2. The van der Waals surface area contributed by atoms with Crippen LogP contribution in [0.25, 0.3) is 0 Å². The number of hydrogen-bond donors (Lipinski definition) is 1. The fourth-order valence-corrected chi connectivity index (χ4v) is 3.64. The Morgan fingerprint density at radius 1 is 1.21 bits per heavy atom. The fraction of sp³-hybridized carbons (Fsp3) is 0.579. The predicted octanol–water partition coefficient (Wildman–Crippen LogP) is 2.92. The number of piperidine rings is 1. The normalized spacial score (nSPS) is 26.4. The van der Waals surface area contributed by atoms with Crippen molar-refractivity contribution in [2.75, 3.05) is 19.7 Å². The second kappa shape index (κ2) is 7.69. The van der Waals surface area contributed by atoms with Crippen molar-refractivity contribution in [3.63, 3.8) is 0 Å². The first-order valence-electron chi connectivity index (χ1n) is 8.96. The molecule has 130 valence electrons. The van der Waals surface area contributed by atoms with Crippen molar-refractivity contribution in [1.29, 1.82) is 0 Å². The van der Waals surface area contributed by atoms with E-state index in [2.05, 4.69) is 17.4 Å². The Morgan fingerprint density at radius 2 is 2.00 bits per heavy atom. The first kappa shape index (κ1) is 16.8. The van der Waals surface area contributed by atoms with Crippen LogP contribution in [0.1, 0.15) is 44.1 Å². The van der Waals surface area contributed by atoms with Gasteiger partial charge < -0.3 is 15.0 Å². The van der Waals surface area contributed by atoms with Gasteiger partial charge in [-0.05, 0) is 38.2 Å². The van der Waals surface area contributed by atoms with E-state index >= 15 is 0 Å². The standard InChI is InChI=1S/C19H26N2O3/c1-2-24-19(23)21-12-6-9-15(13-21)18(22)20-17-11-10-16(17)14-7-4-3-5-8-14/h3-5,7-8,15-17H,2,6,9-13H2,1H3,(H,20,22)/t15-,16-,17-/m0/s1. The molecule has 5 heteroatoms. The highest BCUT2D eigenvalue weighted by Gasteiger charge is 2.36. The Bertz CT molecular complexity index is 575. The molecule has 1 aromatic carbocycles. The van der Waals surface area contributed by atoms with Crippen LogP contribution in [0.4, 0.5) is 4.79 Å². The number of carbonyl (C=O) groups is 2. The number of hydrogen-bond acceptors (Lipinski definition) is 3. The van der Waals surface area contributed by atoms with Crippen molar-refractivity contribution >= 4 is 12.0 Å². The maximum atomic E-state index is 12.6. The molecule has 1 aliphatic carbocycles. The number of rotatable bonds is 4. The van der Waals surface area contributed by atoms with Gasteiger partial charge in [0.05, 0.1) is 12.5 Å². The summed E-state index contributed by atoms with van der Waals surface area (Å²) < 4.78 is 5.05. The average Bonchev–Trinajstić information content (AvgIpc) is 2.60. The molecule has 2 fully saturated rings. The van der Waals surface area contributed by atoms with Gasteiger partial charge in [-0.15, -0.1) is 0 Å². The lowest BCUT2D eigenvalue weighted by Crippen LogP contribution is -2.51. The quantitative estimate of drug-likeness (QED) is 0.923. The number of carbonyl (C=O) groups excluding carboxylic acids is 2. The molecule has 5 nitrogen and oxygen atoms in total. The summed E-state index contributed by atoms with van der Waals surface area (Å²) in [6.45, 7) is 3.31. The molecule has 1 heterocycles. The van der Waals surface area contributed by atoms with E-state index in [1.165, 1.54) is 5.56 Å². The second-order valence-corrected chi connectivity index (χ2v) is 6.69. The molecule has 1 aliphatic heterocycles. The smallest absolute Gasteiger partial charge is 0.409 e. The minimum absolute atomic E-state index is 0.0784. The van der Waals surface area contributed by atoms with Gasteiger partial charge in [0.15, 0.2) is 0 Å². The van der Waals surface area contributed by atoms with Gasteiger partial charge >= 0.3 is 6.09 Å². The number of ether oxygens (including phenoxy) is 1. The Kier molecular flexibility index (Phi) is 5.38. The van der Waals surface area contributed by atoms with E-state index < -0.39 is 0 Å². The lowest BCUT2D eigenvalue weighted by Gasteiger charge is -2.39. The summed E-state index contributed by atoms with van der Waals surface area (Å²) in [5.74, 6) is 0.370. The highest BCUT2D eigenvalue weighted by Crippen LogP contribution is 2.37. The van der Waals surface area contributed by atoms with Crippen LogP contribution in [0.5, 0.6) is 0 Å². The zero-order chi connectivity index (χ0) is 16.9. The van der Waals surface area contributed by atoms with E-state index in [1.54, 1.807) is 11.8 Å². The van der Waals surface area contributed by atoms with Gasteiger partial charge in [0, 0.05) is 25.0 Å². The molecule has 1 aromatic rings. The molecule has 2 aliphatic rings. The van der Waals surface area contributed by atoms with E-state index in [1.807, 2.05) is 18.2 Å². The molecular weight excluding hydrogens is 304 g/mol. The molecule has 0 aromatic heterocycles. The monoisotopic (exact) mass is 330 g/mol. The predicted molar refractivity (Wildman–Crippen MR) is 91.7 cm³/mol. The van der Waals surface area contributed by atoms with Crippen LogP contribution in [-0.2, 0) is 9.53 Å². The lowest BCUT2D eigenvalue weighted by atomic mass is 9.75. The Hall–Kier alpha value is -2.04. The molecular formula is C19H26N2O3. The second-order valence-electron chi connectivity index (χ2n) is 6.69. The molecule has 3 atom stereocenters. The van der Waals surface area contributed by atoms with Crippen LogP contribution in [0.2, 0.25) is 0 Å². The Labute approximate surface area is 143 Å². The van der Waals surface area contributed by atoms with Gasteiger partial charge in [-0.2, -0.15) is 0 Å². The van der Waals surface area contributed by atoms with Gasteiger partial charge in [0.1, 0.15) is 0 Å². The maximum Gasteiger partial charge on any atom is 0.409 e. The number of nitrogens with one attached hydrogen (secondary N) is 1.